The highest BCUT2D eigenvalue weighted by molar-refractivity contribution is 5.98. The average molecular weight is 873 g/mol. The summed E-state index contributed by atoms with van der Waals surface area (Å²) in [6.07, 6.45) is 7.55. The zero-order chi connectivity index (χ0) is 46.2. The Morgan fingerprint density at radius 3 is 1.76 bits per heavy atom. The fraction of sp³-hybridized carbons (Fsp3) is 0.522. The zero-order valence-corrected chi connectivity index (χ0v) is 37.5. The van der Waals surface area contributed by atoms with Crippen molar-refractivity contribution in [3.05, 3.63) is 90.0 Å². The van der Waals surface area contributed by atoms with Crippen LogP contribution in [-0.2, 0) is 64.6 Å². The van der Waals surface area contributed by atoms with E-state index in [0.717, 1.165) is 43.2 Å². The maximum absolute atomic E-state index is 14.5. The van der Waals surface area contributed by atoms with Gasteiger partial charge in [-0.15, -0.1) is 0 Å². The van der Waals surface area contributed by atoms with Gasteiger partial charge in [0.1, 0.15) is 41.9 Å². The molecule has 0 unspecified atom stereocenters. The molecule has 4 atom stereocenters. The number of hydrogen-bond acceptors (Lipinski definition) is 10. The van der Waals surface area contributed by atoms with Crippen molar-refractivity contribution in [2.24, 2.45) is 13.0 Å². The van der Waals surface area contributed by atoms with Gasteiger partial charge in [0.2, 0.25) is 29.5 Å². The number of hydrogen-bond donors (Lipinski definition) is 6. The fourth-order valence-electron chi connectivity index (χ4n) is 7.24. The van der Waals surface area contributed by atoms with Gasteiger partial charge >= 0.3 is 12.1 Å². The van der Waals surface area contributed by atoms with Crippen molar-refractivity contribution in [2.45, 2.75) is 128 Å². The van der Waals surface area contributed by atoms with E-state index in [4.69, 9.17) is 4.74 Å². The van der Waals surface area contributed by atoms with E-state index in [1.54, 1.807) is 81.3 Å². The number of amides is 6. The molecule has 0 saturated heterocycles. The van der Waals surface area contributed by atoms with Gasteiger partial charge in [0.25, 0.3) is 0 Å². The number of esters is 1. The Bertz CT molecular complexity index is 2010. The van der Waals surface area contributed by atoms with Crippen molar-refractivity contribution in [1.29, 1.82) is 0 Å². The van der Waals surface area contributed by atoms with Crippen LogP contribution in [0.3, 0.4) is 0 Å². The summed E-state index contributed by atoms with van der Waals surface area (Å²) in [6.45, 7) is 7.66. The minimum absolute atomic E-state index is 0.000335. The number of aryl methyl sites for hydroxylation is 1. The predicted octanol–water partition coefficient (Wildman–Crippen LogP) is 2.95. The first-order chi connectivity index (χ1) is 29.8. The van der Waals surface area contributed by atoms with Crippen molar-refractivity contribution in [3.63, 3.8) is 0 Å². The lowest BCUT2D eigenvalue weighted by Gasteiger charge is -2.32. The Hall–Kier alpha value is -6.26. The maximum atomic E-state index is 14.5. The normalized spacial score (nSPS) is 15.0. The van der Waals surface area contributed by atoms with E-state index in [0.29, 0.717) is 5.69 Å². The van der Waals surface area contributed by atoms with Crippen LogP contribution >= 0.6 is 0 Å². The van der Waals surface area contributed by atoms with E-state index in [2.05, 4.69) is 41.6 Å². The first kappa shape index (κ1) is 49.4. The van der Waals surface area contributed by atoms with Gasteiger partial charge in [-0.25, -0.2) is 9.78 Å². The van der Waals surface area contributed by atoms with Crippen LogP contribution in [0.25, 0.3) is 0 Å². The molecular weight excluding hydrogens is 809 g/mol. The predicted molar refractivity (Wildman–Crippen MR) is 235 cm³/mol. The van der Waals surface area contributed by atoms with Gasteiger partial charge in [0.15, 0.2) is 0 Å². The van der Waals surface area contributed by atoms with Crippen LogP contribution in [-0.4, -0.2) is 100 Å². The Kier molecular flexibility index (Phi) is 18.2. The number of carbonyl (C=O) groups is 7. The summed E-state index contributed by atoms with van der Waals surface area (Å²) in [5.41, 5.74) is -0.447. The summed E-state index contributed by atoms with van der Waals surface area (Å²) in [6, 6.07) is 13.5. The van der Waals surface area contributed by atoms with Crippen LogP contribution < -0.4 is 31.9 Å². The first-order valence-electron chi connectivity index (χ1n) is 21.4. The van der Waals surface area contributed by atoms with Crippen molar-refractivity contribution in [2.75, 3.05) is 13.7 Å². The highest BCUT2D eigenvalue weighted by atomic mass is 16.6. The number of rotatable bonds is 20. The second kappa shape index (κ2) is 23.3. The molecule has 17 nitrogen and oxygen atoms in total. The molecule has 0 spiro atoms. The highest BCUT2D eigenvalue weighted by Gasteiger charge is 2.38. The summed E-state index contributed by atoms with van der Waals surface area (Å²) in [5, 5.41) is 16.4. The molecule has 0 aliphatic heterocycles. The van der Waals surface area contributed by atoms with Crippen molar-refractivity contribution < 1.29 is 43.0 Å². The molecule has 1 heterocycles. The van der Waals surface area contributed by atoms with Gasteiger partial charge in [0, 0.05) is 32.5 Å². The third kappa shape index (κ3) is 16.9. The van der Waals surface area contributed by atoms with E-state index in [-0.39, 0.29) is 31.6 Å². The number of nitrogens with zero attached hydrogens (tertiary/aromatic N) is 2. The second-order valence-electron chi connectivity index (χ2n) is 17.6. The third-order valence-corrected chi connectivity index (χ3v) is 10.6. The van der Waals surface area contributed by atoms with Crippen LogP contribution in [0.4, 0.5) is 4.79 Å². The Morgan fingerprint density at radius 1 is 0.698 bits per heavy atom. The largest absolute Gasteiger partial charge is 0.468 e. The smallest absolute Gasteiger partial charge is 0.408 e. The van der Waals surface area contributed by atoms with Gasteiger partial charge in [0.05, 0.1) is 19.1 Å². The molecule has 2 aromatic carbocycles. The van der Waals surface area contributed by atoms with Gasteiger partial charge < -0.3 is 45.9 Å². The summed E-state index contributed by atoms with van der Waals surface area (Å²) in [5.74, 6) is -3.83. The number of methoxy groups -OCH3 is 1. The van der Waals surface area contributed by atoms with Crippen LogP contribution in [0.5, 0.6) is 0 Å². The van der Waals surface area contributed by atoms with E-state index >= 15 is 0 Å². The number of imidazole rings is 1. The van der Waals surface area contributed by atoms with E-state index in [1.165, 1.54) is 21.0 Å². The van der Waals surface area contributed by atoms with E-state index in [9.17, 15) is 33.6 Å². The van der Waals surface area contributed by atoms with Gasteiger partial charge in [-0.2, -0.15) is 0 Å². The van der Waals surface area contributed by atoms with Crippen LogP contribution in [0.15, 0.2) is 73.2 Å². The molecule has 1 aliphatic carbocycles. The van der Waals surface area contributed by atoms with E-state index in [1.807, 2.05) is 24.3 Å². The molecule has 1 saturated carbocycles. The summed E-state index contributed by atoms with van der Waals surface area (Å²) >= 11 is 0. The number of ether oxygens (including phenoxy) is 2. The Balaban J connectivity index is 1.57. The average Bonchev–Trinajstić information content (AvgIpc) is 3.65. The number of aromatic nitrogens is 2. The van der Waals surface area contributed by atoms with Crippen molar-refractivity contribution in [1.82, 2.24) is 41.5 Å². The number of carbonyl (C=O) groups excluding carboxylic acids is 7. The molecule has 342 valence electrons. The fourth-order valence-corrected chi connectivity index (χ4v) is 7.24. The molecule has 3 aromatic rings. The number of alkyl carbamates (subject to hydrolysis) is 1. The molecule has 4 rings (SSSR count). The van der Waals surface area contributed by atoms with Gasteiger partial charge in [-0.05, 0) is 58.1 Å². The Morgan fingerprint density at radius 2 is 1.24 bits per heavy atom. The van der Waals surface area contributed by atoms with Crippen molar-refractivity contribution in [3.8, 4) is 0 Å². The van der Waals surface area contributed by atoms with Crippen LogP contribution in [0.1, 0.15) is 90.0 Å². The summed E-state index contributed by atoms with van der Waals surface area (Å²) in [4.78, 5) is 99.3. The summed E-state index contributed by atoms with van der Waals surface area (Å²) in [7, 11) is 2.97. The molecule has 0 bridgehead atoms. The summed E-state index contributed by atoms with van der Waals surface area (Å²) < 4.78 is 11.8. The van der Waals surface area contributed by atoms with Crippen molar-refractivity contribution >= 4 is 41.6 Å². The molecular formula is C46H64N8O9. The van der Waals surface area contributed by atoms with E-state index < -0.39 is 83.5 Å². The second-order valence-corrected chi connectivity index (χ2v) is 17.6. The van der Waals surface area contributed by atoms with Crippen LogP contribution in [0.2, 0.25) is 0 Å². The monoisotopic (exact) mass is 872 g/mol. The SMILES string of the molecule is COC(=O)CNC(=O)[C@@H](Cc1ccccc1)NC(=O)[C@H](Cc1ccccc1)NC(=O)[C@H](CC1CCCCC1)NC(=O)C(C)(C)NC(=O)[C@H](Cc1cn(C)cn1)NC(=O)OC(C)(C)C. The van der Waals surface area contributed by atoms with Crippen LogP contribution in [0, 0.1) is 5.92 Å². The number of nitrogens with one attached hydrogen (secondary N) is 6. The molecule has 1 fully saturated rings. The standard InChI is InChI=1S/C46H64N8O9/c1-45(2,3)63-44(61)52-37(26-33-28-54(6)29-48-33)42(59)53-46(4,5)43(60)51-36(25-32-21-15-10-16-22-32)41(58)50-35(24-31-19-13-9-14-20-31)40(57)49-34(23-30-17-11-8-12-18-30)39(56)47-27-38(55)62-7/h8-9,11-14,17-20,28-29,32,34-37H,10,15-16,21-27H2,1-7H3,(H,47,56)(H,49,57)(H,50,58)(H,51,60)(H,52,61)(H,53,59)/t34-,35+,36+,37+/m1/s1. The molecule has 1 aliphatic rings. The van der Waals surface area contributed by atoms with Gasteiger partial charge in [-0.1, -0.05) is 92.8 Å². The molecule has 63 heavy (non-hydrogen) atoms. The highest BCUT2D eigenvalue weighted by Crippen LogP contribution is 2.28. The lowest BCUT2D eigenvalue weighted by Crippen LogP contribution is -2.63. The minimum atomic E-state index is -1.59. The molecule has 1 aromatic heterocycles. The van der Waals surface area contributed by atoms with Gasteiger partial charge in [-0.3, -0.25) is 28.8 Å². The molecule has 6 amide bonds. The lowest BCUT2D eigenvalue weighted by molar-refractivity contribution is -0.141. The molecule has 0 radical (unpaired) electrons. The molecule has 6 N–H and O–H groups in total. The molecule has 17 heteroatoms. The lowest BCUT2D eigenvalue weighted by atomic mass is 9.84. The third-order valence-electron chi connectivity index (χ3n) is 10.6. The minimum Gasteiger partial charge on any atom is -0.468 e. The quantitative estimate of drug-likeness (QED) is 0.0911. The Labute approximate surface area is 369 Å². The maximum Gasteiger partial charge on any atom is 0.408 e. The zero-order valence-electron chi connectivity index (χ0n) is 37.5. The number of benzene rings is 2. The first-order valence-corrected chi connectivity index (χ1v) is 21.4. The topological polar surface area (TPSA) is 228 Å².